The number of aliphatic hydroxyl groups is 1. The van der Waals surface area contributed by atoms with Crippen LogP contribution in [0.1, 0.15) is 29.2 Å². The quantitative estimate of drug-likeness (QED) is 0.353. The number of nitrogens with zero attached hydrogens (tertiary/aromatic N) is 2. The Bertz CT molecular complexity index is 1110. The summed E-state index contributed by atoms with van der Waals surface area (Å²) in [5, 5.41) is 11.2. The van der Waals surface area contributed by atoms with Gasteiger partial charge >= 0.3 is 0 Å². The SMILES string of the molecule is COc1ccc([C@H]2/C(=C(\O)c3ccc(C)cc3)C(=O)C(=O)N2CCCN2CCOCC2)cc1OC. The van der Waals surface area contributed by atoms with Crippen molar-refractivity contribution in [1.29, 1.82) is 0 Å². The third-order valence-electron chi connectivity index (χ3n) is 6.57. The van der Waals surface area contributed by atoms with E-state index < -0.39 is 17.7 Å². The maximum absolute atomic E-state index is 13.2. The van der Waals surface area contributed by atoms with E-state index in [1.54, 1.807) is 42.3 Å². The molecule has 186 valence electrons. The molecule has 0 unspecified atom stereocenters. The van der Waals surface area contributed by atoms with Gasteiger partial charge in [-0.3, -0.25) is 14.5 Å². The van der Waals surface area contributed by atoms with Crippen LogP contribution in [0.25, 0.3) is 5.76 Å². The average molecular weight is 481 g/mol. The summed E-state index contributed by atoms with van der Waals surface area (Å²) in [7, 11) is 3.08. The molecular weight excluding hydrogens is 448 g/mol. The lowest BCUT2D eigenvalue weighted by Gasteiger charge is -2.29. The number of aryl methyl sites for hydroxylation is 1. The standard InChI is InChI=1S/C27H32N2O6/c1-18-5-7-19(8-6-18)25(30)23-24(20-9-10-21(33-2)22(17-20)34-3)29(27(32)26(23)31)12-4-11-28-13-15-35-16-14-28/h5-10,17,24,30H,4,11-16H2,1-3H3/b25-23+/t24-/m0/s1. The number of hydrogen-bond donors (Lipinski definition) is 1. The second-order valence-corrected chi connectivity index (χ2v) is 8.78. The number of ketones is 1. The third-order valence-corrected chi connectivity index (χ3v) is 6.57. The molecule has 2 saturated heterocycles. The minimum absolute atomic E-state index is 0.0810. The Balaban J connectivity index is 1.71. The second-order valence-electron chi connectivity index (χ2n) is 8.78. The molecule has 0 aliphatic carbocycles. The van der Waals surface area contributed by atoms with Gasteiger partial charge in [-0.2, -0.15) is 0 Å². The predicted octanol–water partition coefficient (Wildman–Crippen LogP) is 3.16. The maximum atomic E-state index is 13.2. The van der Waals surface area contributed by atoms with Crippen molar-refractivity contribution in [3.05, 3.63) is 64.7 Å². The molecule has 2 aromatic carbocycles. The van der Waals surface area contributed by atoms with Gasteiger partial charge in [0.05, 0.1) is 39.0 Å². The van der Waals surface area contributed by atoms with Crippen molar-refractivity contribution >= 4 is 17.4 Å². The van der Waals surface area contributed by atoms with Crippen LogP contribution in [-0.4, -0.2) is 80.2 Å². The van der Waals surface area contributed by atoms with Crippen LogP contribution in [0.3, 0.4) is 0 Å². The molecule has 0 saturated carbocycles. The Morgan fingerprint density at radius 2 is 1.69 bits per heavy atom. The van der Waals surface area contributed by atoms with E-state index in [0.29, 0.717) is 48.8 Å². The molecular formula is C27H32N2O6. The molecule has 2 aliphatic rings. The van der Waals surface area contributed by atoms with Crippen molar-refractivity contribution in [1.82, 2.24) is 9.80 Å². The van der Waals surface area contributed by atoms with Gasteiger partial charge in [0.1, 0.15) is 5.76 Å². The van der Waals surface area contributed by atoms with Crippen molar-refractivity contribution in [2.24, 2.45) is 0 Å². The fourth-order valence-corrected chi connectivity index (χ4v) is 4.64. The Kier molecular flexibility index (Phi) is 7.73. The molecule has 1 atom stereocenters. The largest absolute Gasteiger partial charge is 0.507 e. The van der Waals surface area contributed by atoms with Gasteiger partial charge in [-0.25, -0.2) is 0 Å². The summed E-state index contributed by atoms with van der Waals surface area (Å²) >= 11 is 0. The molecule has 35 heavy (non-hydrogen) atoms. The van der Waals surface area contributed by atoms with Crippen LogP contribution in [-0.2, 0) is 14.3 Å². The Labute approximate surface area is 205 Å². The molecule has 2 aliphatic heterocycles. The number of aliphatic hydroxyl groups excluding tert-OH is 1. The number of carbonyl (C=O) groups excluding carboxylic acids is 2. The summed E-state index contributed by atoms with van der Waals surface area (Å²) in [5.74, 6) is -0.452. The first-order chi connectivity index (χ1) is 16.9. The smallest absolute Gasteiger partial charge is 0.295 e. The van der Waals surface area contributed by atoms with Crippen molar-refractivity contribution in [2.75, 3.05) is 53.6 Å². The van der Waals surface area contributed by atoms with Gasteiger partial charge in [-0.05, 0) is 31.0 Å². The van der Waals surface area contributed by atoms with E-state index in [9.17, 15) is 14.7 Å². The van der Waals surface area contributed by atoms with Crippen LogP contribution in [0.4, 0.5) is 0 Å². The number of benzene rings is 2. The van der Waals surface area contributed by atoms with Crippen LogP contribution in [0.15, 0.2) is 48.0 Å². The molecule has 1 N–H and O–H groups in total. The molecule has 0 aromatic heterocycles. The molecule has 2 fully saturated rings. The topological polar surface area (TPSA) is 88.5 Å². The second kappa shape index (κ2) is 10.9. The van der Waals surface area contributed by atoms with E-state index in [4.69, 9.17) is 14.2 Å². The van der Waals surface area contributed by atoms with Gasteiger partial charge in [-0.15, -0.1) is 0 Å². The summed E-state index contributed by atoms with van der Waals surface area (Å²) < 4.78 is 16.2. The fourth-order valence-electron chi connectivity index (χ4n) is 4.64. The first-order valence-corrected chi connectivity index (χ1v) is 11.8. The minimum Gasteiger partial charge on any atom is -0.507 e. The number of rotatable bonds is 8. The minimum atomic E-state index is -0.735. The van der Waals surface area contributed by atoms with Crippen LogP contribution in [0, 0.1) is 6.92 Å². The number of morpholine rings is 1. The highest BCUT2D eigenvalue weighted by atomic mass is 16.5. The highest BCUT2D eigenvalue weighted by Crippen LogP contribution is 2.42. The van der Waals surface area contributed by atoms with Crippen molar-refractivity contribution in [2.45, 2.75) is 19.4 Å². The zero-order chi connectivity index (χ0) is 24.9. The van der Waals surface area contributed by atoms with E-state index >= 15 is 0 Å². The van der Waals surface area contributed by atoms with E-state index in [-0.39, 0.29) is 11.3 Å². The van der Waals surface area contributed by atoms with Gasteiger partial charge in [0.2, 0.25) is 0 Å². The number of ether oxygens (including phenoxy) is 3. The summed E-state index contributed by atoms with van der Waals surface area (Å²) in [6.45, 7) is 6.23. The van der Waals surface area contributed by atoms with Crippen LogP contribution >= 0.6 is 0 Å². The number of likely N-dealkylation sites (tertiary alicyclic amines) is 1. The van der Waals surface area contributed by atoms with Crippen molar-refractivity contribution in [3.8, 4) is 11.5 Å². The van der Waals surface area contributed by atoms with Crippen LogP contribution in [0.5, 0.6) is 11.5 Å². The number of methoxy groups -OCH3 is 2. The molecule has 2 aromatic rings. The zero-order valence-corrected chi connectivity index (χ0v) is 20.5. The fraction of sp³-hybridized carbons (Fsp3) is 0.407. The van der Waals surface area contributed by atoms with Gasteiger partial charge < -0.3 is 24.2 Å². The van der Waals surface area contributed by atoms with Crippen LogP contribution < -0.4 is 9.47 Å². The molecule has 4 rings (SSSR count). The highest BCUT2D eigenvalue weighted by Gasteiger charge is 2.46. The van der Waals surface area contributed by atoms with E-state index in [1.807, 2.05) is 19.1 Å². The zero-order valence-electron chi connectivity index (χ0n) is 20.5. The van der Waals surface area contributed by atoms with Crippen molar-refractivity contribution < 1.29 is 28.9 Å². The maximum Gasteiger partial charge on any atom is 0.295 e. The van der Waals surface area contributed by atoms with Gasteiger partial charge in [0, 0.05) is 31.7 Å². The predicted molar refractivity (Wildman–Crippen MR) is 132 cm³/mol. The van der Waals surface area contributed by atoms with Gasteiger partial charge in [0.15, 0.2) is 11.5 Å². The number of Topliss-reactive ketones (excluding diaryl/α,β-unsaturated/α-hetero) is 1. The average Bonchev–Trinajstić information content (AvgIpc) is 3.14. The summed E-state index contributed by atoms with van der Waals surface area (Å²) in [5.41, 5.74) is 2.27. The Hall–Kier alpha value is -3.36. The lowest BCUT2D eigenvalue weighted by molar-refractivity contribution is -0.140. The van der Waals surface area contributed by atoms with E-state index in [2.05, 4.69) is 4.90 Å². The first kappa shape index (κ1) is 24.8. The van der Waals surface area contributed by atoms with E-state index in [1.165, 1.54) is 7.11 Å². The summed E-state index contributed by atoms with van der Waals surface area (Å²) in [6.07, 6.45) is 0.696. The molecule has 0 radical (unpaired) electrons. The Morgan fingerprint density at radius 1 is 1.00 bits per heavy atom. The third kappa shape index (κ3) is 5.18. The molecule has 8 heteroatoms. The van der Waals surface area contributed by atoms with Crippen molar-refractivity contribution in [3.63, 3.8) is 0 Å². The summed E-state index contributed by atoms with van der Waals surface area (Å²) in [6, 6.07) is 11.8. The molecule has 8 nitrogen and oxygen atoms in total. The first-order valence-electron chi connectivity index (χ1n) is 11.8. The number of amides is 1. The Morgan fingerprint density at radius 3 is 2.34 bits per heavy atom. The van der Waals surface area contributed by atoms with E-state index in [0.717, 1.165) is 25.2 Å². The number of hydrogen-bond acceptors (Lipinski definition) is 7. The molecule has 0 spiro atoms. The van der Waals surface area contributed by atoms with Gasteiger partial charge in [-0.1, -0.05) is 35.9 Å². The summed E-state index contributed by atoms with van der Waals surface area (Å²) in [4.78, 5) is 30.3. The molecule has 0 bridgehead atoms. The monoisotopic (exact) mass is 480 g/mol. The highest BCUT2D eigenvalue weighted by molar-refractivity contribution is 6.46. The molecule has 1 amide bonds. The molecule has 2 heterocycles. The number of carbonyl (C=O) groups is 2. The van der Waals surface area contributed by atoms with Gasteiger partial charge in [0.25, 0.3) is 11.7 Å². The lowest BCUT2D eigenvalue weighted by Crippen LogP contribution is -2.38. The normalized spacial score (nSPS) is 20.3. The van der Waals surface area contributed by atoms with Crippen LogP contribution in [0.2, 0.25) is 0 Å². The lowest BCUT2D eigenvalue weighted by atomic mass is 9.94.